The fourth-order valence-corrected chi connectivity index (χ4v) is 4.36. The molecule has 0 heterocycles. The maximum atomic E-state index is 12.2. The lowest BCUT2D eigenvalue weighted by atomic mass is 10.1. The van der Waals surface area contributed by atoms with Crippen molar-refractivity contribution in [3.63, 3.8) is 0 Å². The minimum atomic E-state index is -3.47. The highest BCUT2D eigenvalue weighted by Crippen LogP contribution is 2.24. The van der Waals surface area contributed by atoms with Crippen molar-refractivity contribution < 1.29 is 8.42 Å². The van der Waals surface area contributed by atoms with Gasteiger partial charge in [-0.25, -0.2) is 18.1 Å². The molecular weight excluding hydrogens is 372 g/mol. The topological polar surface area (TPSA) is 96.6 Å². The van der Waals surface area contributed by atoms with Gasteiger partial charge >= 0.3 is 0 Å². The average Bonchev–Trinajstić information content (AvgIpc) is 3.13. The number of hydrogen-bond acceptors (Lipinski definition) is 3. The molecule has 0 saturated heterocycles. The molecule has 7 heteroatoms. The van der Waals surface area contributed by atoms with Crippen LogP contribution in [0.2, 0.25) is 0 Å². The predicted molar refractivity (Wildman–Crippen MR) is 114 cm³/mol. The van der Waals surface area contributed by atoms with Gasteiger partial charge in [-0.1, -0.05) is 32.0 Å². The number of anilines is 1. The lowest BCUT2D eigenvalue weighted by molar-refractivity contribution is 0.560. The van der Waals surface area contributed by atoms with Crippen LogP contribution in [0, 0.1) is 5.92 Å². The van der Waals surface area contributed by atoms with Crippen LogP contribution >= 0.6 is 0 Å². The third kappa shape index (κ3) is 5.33. The molecule has 1 aliphatic rings. The van der Waals surface area contributed by atoms with E-state index in [1.807, 2.05) is 19.9 Å². The molecule has 0 aliphatic heterocycles. The number of benzene rings is 2. The number of aryl methyl sites for hydroxylation is 2. The molecule has 0 atom stereocenters. The normalized spacial score (nSPS) is 14.3. The number of fused-ring (bicyclic) bond motifs is 1. The summed E-state index contributed by atoms with van der Waals surface area (Å²) in [6.45, 7) is 4.72. The minimum absolute atomic E-state index is 0.254. The van der Waals surface area contributed by atoms with E-state index in [-0.39, 0.29) is 10.8 Å². The standard InChI is InChI=1S/C21H28N4O2S/c1-15(2)13-24-28(26,27)20-10-6-16(7-11-20)14-23-21(22)25-19-9-8-17-4-3-5-18(17)12-19/h6-12,15,24H,3-5,13-14H2,1-2H3,(H3,22,23,25). The molecule has 0 spiro atoms. The average molecular weight is 401 g/mol. The summed E-state index contributed by atoms with van der Waals surface area (Å²) in [5, 5.41) is 3.13. The van der Waals surface area contributed by atoms with Crippen molar-refractivity contribution in [2.45, 2.75) is 44.6 Å². The molecule has 4 N–H and O–H groups in total. The molecule has 0 aromatic heterocycles. The molecule has 2 aromatic rings. The maximum Gasteiger partial charge on any atom is 0.240 e. The van der Waals surface area contributed by atoms with E-state index in [2.05, 4.69) is 27.2 Å². The molecule has 0 amide bonds. The van der Waals surface area contributed by atoms with Gasteiger partial charge in [-0.05, 0) is 66.1 Å². The van der Waals surface area contributed by atoms with Gasteiger partial charge in [0.25, 0.3) is 0 Å². The van der Waals surface area contributed by atoms with Gasteiger partial charge in [0.1, 0.15) is 0 Å². The molecule has 0 bridgehead atoms. The first-order valence-electron chi connectivity index (χ1n) is 9.61. The first-order valence-corrected chi connectivity index (χ1v) is 11.1. The van der Waals surface area contributed by atoms with Gasteiger partial charge in [0.15, 0.2) is 5.96 Å². The van der Waals surface area contributed by atoms with Crippen LogP contribution in [-0.4, -0.2) is 20.9 Å². The summed E-state index contributed by atoms with van der Waals surface area (Å²) < 4.78 is 27.1. The van der Waals surface area contributed by atoms with Gasteiger partial charge in [-0.3, -0.25) is 0 Å². The summed E-state index contributed by atoms with van der Waals surface area (Å²) in [5.41, 5.74) is 10.6. The van der Waals surface area contributed by atoms with E-state index in [0.717, 1.165) is 24.1 Å². The second-order valence-corrected chi connectivity index (χ2v) is 9.32. The Hall–Kier alpha value is -2.38. The second-order valence-electron chi connectivity index (χ2n) is 7.55. The smallest absolute Gasteiger partial charge is 0.240 e. The summed E-state index contributed by atoms with van der Waals surface area (Å²) in [6.07, 6.45) is 3.47. The van der Waals surface area contributed by atoms with Crippen LogP contribution in [0.4, 0.5) is 5.69 Å². The Bertz CT molecular complexity index is 951. The number of hydrogen-bond donors (Lipinski definition) is 3. The molecule has 1 aliphatic carbocycles. The lowest BCUT2D eigenvalue weighted by Crippen LogP contribution is -2.27. The predicted octanol–water partition coefficient (Wildman–Crippen LogP) is 3.04. The van der Waals surface area contributed by atoms with Crippen LogP contribution < -0.4 is 15.8 Å². The van der Waals surface area contributed by atoms with E-state index in [1.54, 1.807) is 24.3 Å². The zero-order chi connectivity index (χ0) is 20.1. The molecule has 0 radical (unpaired) electrons. The molecular formula is C21H28N4O2S. The molecule has 6 nitrogen and oxygen atoms in total. The Morgan fingerprint density at radius 1 is 1.11 bits per heavy atom. The molecule has 0 unspecified atom stereocenters. The highest BCUT2D eigenvalue weighted by atomic mass is 32.2. The fraction of sp³-hybridized carbons (Fsp3) is 0.381. The quantitative estimate of drug-likeness (QED) is 0.492. The summed E-state index contributed by atoms with van der Waals surface area (Å²) in [6, 6.07) is 13.0. The van der Waals surface area contributed by atoms with Gasteiger partial charge in [-0.15, -0.1) is 0 Å². The number of nitrogens with two attached hydrogens (primary N) is 1. The largest absolute Gasteiger partial charge is 0.370 e. The van der Waals surface area contributed by atoms with Crippen LogP contribution in [0.3, 0.4) is 0 Å². The van der Waals surface area contributed by atoms with Crippen LogP contribution in [0.1, 0.15) is 37.0 Å². The lowest BCUT2D eigenvalue weighted by Gasteiger charge is -2.09. The Balaban J connectivity index is 1.59. The maximum absolute atomic E-state index is 12.2. The minimum Gasteiger partial charge on any atom is -0.370 e. The summed E-state index contributed by atoms with van der Waals surface area (Å²) in [5.74, 6) is 0.595. The Morgan fingerprint density at radius 2 is 1.82 bits per heavy atom. The van der Waals surface area contributed by atoms with E-state index < -0.39 is 10.0 Å². The summed E-state index contributed by atoms with van der Waals surface area (Å²) in [4.78, 5) is 4.61. The Kier molecular flexibility index (Phi) is 6.36. The number of nitrogens with zero attached hydrogens (tertiary/aromatic N) is 1. The number of rotatable bonds is 7. The van der Waals surface area contributed by atoms with Gasteiger partial charge in [0.2, 0.25) is 10.0 Å². The van der Waals surface area contributed by atoms with Crippen molar-refractivity contribution in [2.75, 3.05) is 11.9 Å². The van der Waals surface area contributed by atoms with Crippen molar-refractivity contribution in [1.29, 1.82) is 0 Å². The SMILES string of the molecule is CC(C)CNS(=O)(=O)c1ccc(CN=C(N)Nc2ccc3c(c2)CCC3)cc1. The van der Waals surface area contributed by atoms with E-state index in [1.165, 1.54) is 17.5 Å². The van der Waals surface area contributed by atoms with E-state index in [4.69, 9.17) is 5.73 Å². The fourth-order valence-electron chi connectivity index (χ4n) is 3.15. The van der Waals surface area contributed by atoms with Gasteiger partial charge in [0.05, 0.1) is 11.4 Å². The molecule has 28 heavy (non-hydrogen) atoms. The Labute approximate surface area is 167 Å². The van der Waals surface area contributed by atoms with Crippen molar-refractivity contribution in [1.82, 2.24) is 4.72 Å². The molecule has 150 valence electrons. The third-order valence-corrected chi connectivity index (χ3v) is 6.16. The number of aliphatic imine (C=N–C) groups is 1. The van der Waals surface area contributed by atoms with Gasteiger partial charge < -0.3 is 11.1 Å². The Morgan fingerprint density at radius 3 is 2.54 bits per heavy atom. The zero-order valence-corrected chi connectivity index (χ0v) is 17.2. The summed E-state index contributed by atoms with van der Waals surface area (Å²) in [7, 11) is -3.47. The highest BCUT2D eigenvalue weighted by Gasteiger charge is 2.14. The highest BCUT2D eigenvalue weighted by molar-refractivity contribution is 7.89. The van der Waals surface area contributed by atoms with Crippen LogP contribution in [-0.2, 0) is 29.4 Å². The van der Waals surface area contributed by atoms with Crippen molar-refractivity contribution >= 4 is 21.7 Å². The van der Waals surface area contributed by atoms with E-state index in [0.29, 0.717) is 19.0 Å². The molecule has 3 rings (SSSR count). The van der Waals surface area contributed by atoms with E-state index in [9.17, 15) is 8.42 Å². The van der Waals surface area contributed by atoms with Crippen molar-refractivity contribution in [3.05, 3.63) is 59.2 Å². The van der Waals surface area contributed by atoms with Crippen molar-refractivity contribution in [2.24, 2.45) is 16.6 Å². The molecule has 0 fully saturated rings. The van der Waals surface area contributed by atoms with Crippen molar-refractivity contribution in [3.8, 4) is 0 Å². The molecule has 2 aromatic carbocycles. The second kappa shape index (κ2) is 8.75. The monoisotopic (exact) mass is 400 g/mol. The third-order valence-electron chi connectivity index (χ3n) is 4.72. The first-order chi connectivity index (χ1) is 13.3. The number of nitrogens with one attached hydrogen (secondary N) is 2. The number of guanidine groups is 1. The first kappa shape index (κ1) is 20.4. The van der Waals surface area contributed by atoms with Gasteiger partial charge in [0, 0.05) is 12.2 Å². The summed E-state index contributed by atoms with van der Waals surface area (Å²) >= 11 is 0. The number of sulfonamides is 1. The van der Waals surface area contributed by atoms with Crippen LogP contribution in [0.15, 0.2) is 52.4 Å². The van der Waals surface area contributed by atoms with Gasteiger partial charge in [-0.2, -0.15) is 0 Å². The van der Waals surface area contributed by atoms with E-state index >= 15 is 0 Å². The zero-order valence-electron chi connectivity index (χ0n) is 16.4. The van der Waals surface area contributed by atoms with Crippen LogP contribution in [0.25, 0.3) is 0 Å². The molecule has 0 saturated carbocycles. The van der Waals surface area contributed by atoms with Crippen LogP contribution in [0.5, 0.6) is 0 Å².